The zero-order valence-electron chi connectivity index (χ0n) is 8.95. The number of nitrogens with two attached hydrogens (primary N) is 1. The van der Waals surface area contributed by atoms with Gasteiger partial charge in [0.1, 0.15) is 5.75 Å². The van der Waals surface area contributed by atoms with Gasteiger partial charge in [0.2, 0.25) is 0 Å². The monoisotopic (exact) mass is 248 g/mol. The Bertz CT molecular complexity index is 430. The zero-order chi connectivity index (χ0) is 13.1. The smallest absolute Gasteiger partial charge is 0.422 e. The van der Waals surface area contributed by atoms with Gasteiger partial charge in [-0.2, -0.15) is 13.2 Å². The first-order valence-electron chi connectivity index (χ1n) is 4.61. The highest BCUT2D eigenvalue weighted by atomic mass is 19.4. The Hall–Kier alpha value is -1.92. The van der Waals surface area contributed by atoms with E-state index in [9.17, 15) is 13.2 Å². The quantitative estimate of drug-likeness (QED) is 0.372. The summed E-state index contributed by atoms with van der Waals surface area (Å²) in [6, 6.07) is 4.14. The van der Waals surface area contributed by atoms with Gasteiger partial charge in [-0.3, -0.25) is 0 Å². The molecule has 0 heterocycles. The predicted molar refractivity (Wildman–Crippen MR) is 55.2 cm³/mol. The molecule has 0 radical (unpaired) electrons. The van der Waals surface area contributed by atoms with Crippen molar-refractivity contribution in [2.45, 2.75) is 13.1 Å². The molecule has 0 unspecified atom stereocenters. The molecular weight excluding hydrogens is 237 g/mol. The van der Waals surface area contributed by atoms with Gasteiger partial charge in [-0.05, 0) is 30.7 Å². The minimum atomic E-state index is -4.38. The normalized spacial score (nSPS) is 12.6. The van der Waals surface area contributed by atoms with Crippen LogP contribution >= 0.6 is 0 Å². The third-order valence-electron chi connectivity index (χ3n) is 1.98. The summed E-state index contributed by atoms with van der Waals surface area (Å²) in [5.74, 6) is -0.0285. The SMILES string of the molecule is Cc1cc(OCC(F)(F)F)ccc1/C(N)=N/O. The third-order valence-corrected chi connectivity index (χ3v) is 1.98. The number of halogens is 3. The van der Waals surface area contributed by atoms with E-state index in [1.54, 1.807) is 6.92 Å². The van der Waals surface area contributed by atoms with Gasteiger partial charge in [-0.1, -0.05) is 5.16 Å². The molecule has 17 heavy (non-hydrogen) atoms. The summed E-state index contributed by atoms with van der Waals surface area (Å²) in [6.07, 6.45) is -4.38. The van der Waals surface area contributed by atoms with Crippen LogP contribution in [0, 0.1) is 6.92 Å². The van der Waals surface area contributed by atoms with E-state index >= 15 is 0 Å². The Kier molecular flexibility index (Phi) is 3.82. The number of amidine groups is 1. The molecular formula is C10H11F3N2O2. The molecule has 0 saturated heterocycles. The molecule has 0 aliphatic rings. The van der Waals surface area contributed by atoms with Crippen molar-refractivity contribution in [1.82, 2.24) is 0 Å². The van der Waals surface area contributed by atoms with Gasteiger partial charge in [0, 0.05) is 5.56 Å². The van der Waals surface area contributed by atoms with Crippen molar-refractivity contribution in [2.75, 3.05) is 6.61 Å². The fourth-order valence-electron chi connectivity index (χ4n) is 1.23. The van der Waals surface area contributed by atoms with Crippen LogP contribution in [-0.2, 0) is 0 Å². The van der Waals surface area contributed by atoms with E-state index in [1.807, 2.05) is 0 Å². The maximum atomic E-state index is 11.9. The van der Waals surface area contributed by atoms with Gasteiger partial charge in [0.05, 0.1) is 0 Å². The molecule has 0 spiro atoms. The first-order chi connectivity index (χ1) is 7.83. The summed E-state index contributed by atoms with van der Waals surface area (Å²) in [6.45, 7) is 0.267. The van der Waals surface area contributed by atoms with E-state index in [2.05, 4.69) is 9.89 Å². The number of rotatable bonds is 3. The van der Waals surface area contributed by atoms with E-state index in [-0.39, 0.29) is 11.6 Å². The molecule has 0 aromatic heterocycles. The molecule has 4 nitrogen and oxygen atoms in total. The molecule has 3 N–H and O–H groups in total. The van der Waals surface area contributed by atoms with Crippen molar-refractivity contribution in [3.63, 3.8) is 0 Å². The van der Waals surface area contributed by atoms with Gasteiger partial charge < -0.3 is 15.7 Å². The van der Waals surface area contributed by atoms with Crippen LogP contribution in [0.4, 0.5) is 13.2 Å². The minimum absolute atomic E-state index is 0.0781. The van der Waals surface area contributed by atoms with E-state index < -0.39 is 12.8 Å². The molecule has 7 heteroatoms. The van der Waals surface area contributed by atoms with Crippen molar-refractivity contribution in [2.24, 2.45) is 10.9 Å². The Morgan fingerprint density at radius 1 is 1.47 bits per heavy atom. The number of nitrogens with zero attached hydrogens (tertiary/aromatic N) is 1. The Morgan fingerprint density at radius 3 is 2.59 bits per heavy atom. The Balaban J connectivity index is 2.83. The molecule has 1 aromatic carbocycles. The number of aryl methyl sites for hydroxylation is 1. The molecule has 0 aliphatic carbocycles. The zero-order valence-corrected chi connectivity index (χ0v) is 8.95. The van der Waals surface area contributed by atoms with Crippen LogP contribution in [0.1, 0.15) is 11.1 Å². The lowest BCUT2D eigenvalue weighted by atomic mass is 10.1. The first-order valence-corrected chi connectivity index (χ1v) is 4.61. The predicted octanol–water partition coefficient (Wildman–Crippen LogP) is 2.03. The van der Waals surface area contributed by atoms with Gasteiger partial charge in [0.25, 0.3) is 0 Å². The van der Waals surface area contributed by atoms with Crippen LogP contribution < -0.4 is 10.5 Å². The number of hydrogen-bond acceptors (Lipinski definition) is 3. The number of hydrogen-bond donors (Lipinski definition) is 2. The van der Waals surface area contributed by atoms with Crippen molar-refractivity contribution < 1.29 is 23.1 Å². The van der Waals surface area contributed by atoms with Crippen molar-refractivity contribution in [3.8, 4) is 5.75 Å². The number of alkyl halides is 3. The summed E-state index contributed by atoms with van der Waals surface area (Å²) >= 11 is 0. The lowest BCUT2D eigenvalue weighted by Gasteiger charge is -2.11. The van der Waals surface area contributed by atoms with Crippen LogP contribution in [0.2, 0.25) is 0 Å². The van der Waals surface area contributed by atoms with E-state index in [0.717, 1.165) is 0 Å². The number of ether oxygens (including phenoxy) is 1. The molecule has 1 aromatic rings. The molecule has 0 amide bonds. The van der Waals surface area contributed by atoms with E-state index in [4.69, 9.17) is 10.9 Å². The standard InChI is InChI=1S/C10H11F3N2O2/c1-6-4-7(17-5-10(11,12)13)2-3-8(6)9(14)15-16/h2-4,16H,5H2,1H3,(H2,14,15). The summed E-state index contributed by atoms with van der Waals surface area (Å²) in [4.78, 5) is 0. The highest BCUT2D eigenvalue weighted by molar-refractivity contribution is 5.98. The molecule has 0 atom stereocenters. The van der Waals surface area contributed by atoms with Crippen molar-refractivity contribution >= 4 is 5.84 Å². The van der Waals surface area contributed by atoms with Crippen LogP contribution in [0.5, 0.6) is 5.75 Å². The number of oxime groups is 1. The second-order valence-corrected chi connectivity index (χ2v) is 3.37. The fraction of sp³-hybridized carbons (Fsp3) is 0.300. The third kappa shape index (κ3) is 3.86. The maximum absolute atomic E-state index is 11.9. The highest BCUT2D eigenvalue weighted by Crippen LogP contribution is 2.21. The topological polar surface area (TPSA) is 67.8 Å². The molecule has 0 aliphatic heterocycles. The van der Waals surface area contributed by atoms with Crippen LogP contribution in [0.15, 0.2) is 23.4 Å². The molecule has 94 valence electrons. The van der Waals surface area contributed by atoms with Crippen molar-refractivity contribution in [3.05, 3.63) is 29.3 Å². The molecule has 1 rings (SSSR count). The first kappa shape index (κ1) is 13.1. The van der Waals surface area contributed by atoms with Gasteiger partial charge >= 0.3 is 6.18 Å². The van der Waals surface area contributed by atoms with Crippen LogP contribution in [0.3, 0.4) is 0 Å². The second-order valence-electron chi connectivity index (χ2n) is 3.37. The summed E-state index contributed by atoms with van der Waals surface area (Å²) in [5, 5.41) is 11.3. The lowest BCUT2D eigenvalue weighted by molar-refractivity contribution is -0.153. The minimum Gasteiger partial charge on any atom is -0.484 e. The van der Waals surface area contributed by atoms with Crippen LogP contribution in [0.25, 0.3) is 0 Å². The molecule has 0 bridgehead atoms. The largest absolute Gasteiger partial charge is 0.484 e. The van der Waals surface area contributed by atoms with Crippen molar-refractivity contribution in [1.29, 1.82) is 0 Å². The summed E-state index contributed by atoms with van der Waals surface area (Å²) < 4.78 is 40.3. The van der Waals surface area contributed by atoms with Gasteiger partial charge in [-0.25, -0.2) is 0 Å². The van der Waals surface area contributed by atoms with Gasteiger partial charge in [-0.15, -0.1) is 0 Å². The Labute approximate surface area is 95.5 Å². The molecule has 0 saturated carbocycles. The fourth-order valence-corrected chi connectivity index (χ4v) is 1.23. The van der Waals surface area contributed by atoms with Gasteiger partial charge in [0.15, 0.2) is 12.4 Å². The lowest BCUT2D eigenvalue weighted by Crippen LogP contribution is -2.19. The summed E-state index contributed by atoms with van der Waals surface area (Å²) in [5.41, 5.74) is 6.36. The Morgan fingerprint density at radius 2 is 2.12 bits per heavy atom. The van der Waals surface area contributed by atoms with Crippen LogP contribution in [-0.4, -0.2) is 23.8 Å². The highest BCUT2D eigenvalue weighted by Gasteiger charge is 2.28. The second kappa shape index (κ2) is 4.94. The summed E-state index contributed by atoms with van der Waals surface area (Å²) in [7, 11) is 0. The number of benzene rings is 1. The van der Waals surface area contributed by atoms with E-state index in [0.29, 0.717) is 11.1 Å². The molecule has 0 fully saturated rings. The van der Waals surface area contributed by atoms with E-state index in [1.165, 1.54) is 18.2 Å². The average Bonchev–Trinajstić information content (AvgIpc) is 2.24. The average molecular weight is 248 g/mol. The maximum Gasteiger partial charge on any atom is 0.422 e.